The van der Waals surface area contributed by atoms with Crippen molar-refractivity contribution in [2.75, 3.05) is 32.0 Å². The van der Waals surface area contributed by atoms with Crippen molar-refractivity contribution in [3.63, 3.8) is 0 Å². The number of hydrogen-bond acceptors (Lipinski definition) is 4. The number of nitrogens with zero attached hydrogens (tertiary/aromatic N) is 2. The van der Waals surface area contributed by atoms with Crippen molar-refractivity contribution in [2.45, 2.75) is 25.8 Å². The van der Waals surface area contributed by atoms with E-state index in [0.717, 1.165) is 61.7 Å². The summed E-state index contributed by atoms with van der Waals surface area (Å²) in [5.74, 6) is 1.00. The molecular weight excluding hydrogens is 372 g/mol. The molecule has 0 saturated carbocycles. The van der Waals surface area contributed by atoms with Crippen LogP contribution in [0.15, 0.2) is 54.6 Å². The summed E-state index contributed by atoms with van der Waals surface area (Å²) in [7, 11) is 0. The highest BCUT2D eigenvalue weighted by atomic mass is 16.5. The van der Waals surface area contributed by atoms with Gasteiger partial charge in [-0.3, -0.25) is 4.90 Å². The van der Waals surface area contributed by atoms with E-state index in [4.69, 9.17) is 15.5 Å². The highest BCUT2D eigenvalue weighted by molar-refractivity contribution is 5.89. The van der Waals surface area contributed by atoms with Gasteiger partial charge in [0.2, 0.25) is 0 Å². The predicted octanol–water partition coefficient (Wildman–Crippen LogP) is 4.67. The van der Waals surface area contributed by atoms with E-state index in [9.17, 15) is 0 Å². The second kappa shape index (κ2) is 8.09. The molecule has 1 aliphatic heterocycles. The Labute approximate surface area is 176 Å². The number of hydrogen-bond donors (Lipinski definition) is 2. The summed E-state index contributed by atoms with van der Waals surface area (Å²) in [5.41, 5.74) is 11.6. The van der Waals surface area contributed by atoms with Gasteiger partial charge in [0, 0.05) is 19.5 Å². The number of nitrogens with one attached hydrogen (secondary N) is 1. The van der Waals surface area contributed by atoms with Crippen LogP contribution in [0.2, 0.25) is 0 Å². The molecule has 5 heteroatoms. The number of ether oxygens (including phenoxy) is 1. The lowest BCUT2D eigenvalue weighted by molar-refractivity contribution is 0.0242. The highest BCUT2D eigenvalue weighted by Crippen LogP contribution is 2.36. The Morgan fingerprint density at radius 2 is 1.90 bits per heavy atom. The number of nitrogens with two attached hydrogens (primary N) is 1. The summed E-state index contributed by atoms with van der Waals surface area (Å²) in [6.45, 7) is 5.47. The number of nitrogen functional groups attached to an aromatic ring is 1. The second-order valence-corrected chi connectivity index (χ2v) is 8.06. The Bertz CT molecular complexity index is 1170. The van der Waals surface area contributed by atoms with Crippen molar-refractivity contribution < 1.29 is 4.74 Å². The van der Waals surface area contributed by atoms with E-state index >= 15 is 0 Å². The number of anilines is 1. The Kier molecular flexibility index (Phi) is 5.15. The lowest BCUT2D eigenvalue weighted by atomic mass is 9.91. The third-order valence-corrected chi connectivity index (χ3v) is 6.02. The molecule has 0 radical (unpaired) electrons. The first-order valence-electron chi connectivity index (χ1n) is 10.8. The molecule has 1 atom stereocenters. The summed E-state index contributed by atoms with van der Waals surface area (Å²) in [6.07, 6.45) is 1.98. The van der Waals surface area contributed by atoms with Gasteiger partial charge in [-0.05, 0) is 40.5 Å². The van der Waals surface area contributed by atoms with Gasteiger partial charge in [-0.2, -0.15) is 0 Å². The van der Waals surface area contributed by atoms with Crippen molar-refractivity contribution in [3.05, 3.63) is 71.5 Å². The summed E-state index contributed by atoms with van der Waals surface area (Å²) in [4.78, 5) is 10.7. The maximum Gasteiger partial charge on any atom is 0.111 e. The zero-order valence-corrected chi connectivity index (χ0v) is 17.4. The van der Waals surface area contributed by atoms with Gasteiger partial charge in [-0.1, -0.05) is 49.4 Å². The minimum absolute atomic E-state index is 0.115. The SMILES string of the molecule is CCCc1nc2c(N)cc(C(c3cccc4ccccc34)N3CCOCC3)cc2[nH]1. The van der Waals surface area contributed by atoms with Crippen molar-refractivity contribution in [3.8, 4) is 0 Å². The van der Waals surface area contributed by atoms with Crippen LogP contribution < -0.4 is 5.73 Å². The first kappa shape index (κ1) is 19.1. The molecule has 3 aromatic carbocycles. The zero-order valence-electron chi connectivity index (χ0n) is 17.4. The second-order valence-electron chi connectivity index (χ2n) is 8.06. The lowest BCUT2D eigenvalue weighted by Crippen LogP contribution is -2.39. The molecule has 4 aromatic rings. The van der Waals surface area contributed by atoms with E-state index < -0.39 is 0 Å². The lowest BCUT2D eigenvalue weighted by Gasteiger charge is -2.35. The van der Waals surface area contributed by atoms with Crippen LogP contribution in [0.4, 0.5) is 5.69 Å². The Hall–Kier alpha value is -2.89. The van der Waals surface area contributed by atoms with E-state index in [1.165, 1.54) is 21.9 Å². The van der Waals surface area contributed by atoms with Crippen LogP contribution in [-0.4, -0.2) is 41.2 Å². The van der Waals surface area contributed by atoms with Crippen LogP contribution in [-0.2, 0) is 11.2 Å². The average molecular weight is 401 g/mol. The minimum Gasteiger partial charge on any atom is -0.397 e. The van der Waals surface area contributed by atoms with Crippen molar-refractivity contribution >= 4 is 27.5 Å². The van der Waals surface area contributed by atoms with Crippen molar-refractivity contribution in [2.24, 2.45) is 0 Å². The molecule has 5 rings (SSSR count). The fraction of sp³-hybridized carbons (Fsp3) is 0.320. The molecule has 1 fully saturated rings. The van der Waals surface area contributed by atoms with Gasteiger partial charge in [0.05, 0.1) is 30.5 Å². The van der Waals surface area contributed by atoms with Crippen LogP contribution in [0.25, 0.3) is 21.8 Å². The molecule has 30 heavy (non-hydrogen) atoms. The fourth-order valence-electron chi connectivity index (χ4n) is 4.64. The summed E-state index contributed by atoms with van der Waals surface area (Å²) in [5, 5.41) is 2.54. The first-order valence-corrected chi connectivity index (χ1v) is 10.8. The van der Waals surface area contributed by atoms with Gasteiger partial charge in [0.25, 0.3) is 0 Å². The third-order valence-electron chi connectivity index (χ3n) is 6.02. The van der Waals surface area contributed by atoms with Crippen LogP contribution >= 0.6 is 0 Å². The van der Waals surface area contributed by atoms with Gasteiger partial charge in [-0.25, -0.2) is 4.98 Å². The number of aromatic amines is 1. The van der Waals surface area contributed by atoms with E-state index in [-0.39, 0.29) is 6.04 Å². The van der Waals surface area contributed by atoms with Gasteiger partial charge in [-0.15, -0.1) is 0 Å². The monoisotopic (exact) mass is 400 g/mol. The number of rotatable bonds is 5. The van der Waals surface area contributed by atoms with Crippen LogP contribution in [0, 0.1) is 0 Å². The van der Waals surface area contributed by atoms with E-state index in [0.29, 0.717) is 0 Å². The number of aryl methyl sites for hydroxylation is 1. The molecule has 0 amide bonds. The Balaban J connectivity index is 1.68. The number of aromatic nitrogens is 2. The van der Waals surface area contributed by atoms with Gasteiger partial charge in [0.15, 0.2) is 0 Å². The largest absolute Gasteiger partial charge is 0.397 e. The maximum atomic E-state index is 6.50. The molecule has 154 valence electrons. The van der Waals surface area contributed by atoms with Crippen LogP contribution in [0.5, 0.6) is 0 Å². The number of imidazole rings is 1. The summed E-state index contributed by atoms with van der Waals surface area (Å²) in [6, 6.07) is 19.7. The van der Waals surface area contributed by atoms with Crippen molar-refractivity contribution in [1.82, 2.24) is 14.9 Å². The third kappa shape index (κ3) is 3.44. The van der Waals surface area contributed by atoms with Gasteiger partial charge in [0.1, 0.15) is 11.3 Å². The average Bonchev–Trinajstić information content (AvgIpc) is 3.18. The molecule has 3 N–H and O–H groups in total. The smallest absolute Gasteiger partial charge is 0.111 e. The number of morpholine rings is 1. The zero-order chi connectivity index (χ0) is 20.5. The van der Waals surface area contributed by atoms with Crippen LogP contribution in [0.1, 0.15) is 36.3 Å². The predicted molar refractivity (Wildman–Crippen MR) is 123 cm³/mol. The standard InChI is InChI=1S/C25H28N4O/c1-2-6-23-27-22-16-18(15-21(26)24(22)28-23)25(29-11-13-30-14-12-29)20-10-5-8-17-7-3-4-9-19(17)20/h3-5,7-10,15-16,25H,2,6,11-14,26H2,1H3,(H,27,28). The van der Waals surface area contributed by atoms with E-state index in [2.05, 4.69) is 71.4 Å². The Morgan fingerprint density at radius 1 is 1.10 bits per heavy atom. The highest BCUT2D eigenvalue weighted by Gasteiger charge is 2.27. The summed E-state index contributed by atoms with van der Waals surface area (Å²) >= 11 is 0. The molecule has 1 aromatic heterocycles. The minimum atomic E-state index is 0.115. The number of fused-ring (bicyclic) bond motifs is 2. The normalized spacial score (nSPS) is 16.3. The van der Waals surface area contributed by atoms with Crippen LogP contribution in [0.3, 0.4) is 0 Å². The molecule has 5 nitrogen and oxygen atoms in total. The topological polar surface area (TPSA) is 67.2 Å². The maximum absolute atomic E-state index is 6.50. The molecule has 0 bridgehead atoms. The summed E-state index contributed by atoms with van der Waals surface area (Å²) < 4.78 is 5.65. The number of H-pyrrole nitrogens is 1. The van der Waals surface area contributed by atoms with Gasteiger partial charge < -0.3 is 15.5 Å². The molecule has 1 unspecified atom stereocenters. The molecule has 0 aliphatic carbocycles. The fourth-order valence-corrected chi connectivity index (χ4v) is 4.64. The van der Waals surface area contributed by atoms with E-state index in [1.807, 2.05) is 0 Å². The first-order chi connectivity index (χ1) is 14.7. The van der Waals surface area contributed by atoms with Crippen molar-refractivity contribution in [1.29, 1.82) is 0 Å². The molecule has 1 saturated heterocycles. The number of benzene rings is 3. The Morgan fingerprint density at radius 3 is 2.73 bits per heavy atom. The molecule has 1 aliphatic rings. The quantitative estimate of drug-likeness (QED) is 0.478. The van der Waals surface area contributed by atoms with Gasteiger partial charge >= 0.3 is 0 Å². The van der Waals surface area contributed by atoms with E-state index in [1.54, 1.807) is 0 Å². The molecule has 2 heterocycles. The molecule has 0 spiro atoms. The molecular formula is C25H28N4O.